The lowest BCUT2D eigenvalue weighted by molar-refractivity contribution is 0.0721. The van der Waals surface area contributed by atoms with Crippen molar-refractivity contribution in [3.05, 3.63) is 48.2 Å². The summed E-state index contributed by atoms with van der Waals surface area (Å²) >= 11 is 0. The van der Waals surface area contributed by atoms with E-state index in [0.29, 0.717) is 5.56 Å². The number of pyridine rings is 1. The van der Waals surface area contributed by atoms with Crippen LogP contribution in [0.15, 0.2) is 36.8 Å². The fourth-order valence-electron chi connectivity index (χ4n) is 3.21. The van der Waals surface area contributed by atoms with E-state index in [1.807, 2.05) is 51.5 Å². The normalized spacial score (nSPS) is 18.0. The van der Waals surface area contributed by atoms with E-state index >= 15 is 0 Å². The Kier molecular flexibility index (Phi) is 3.33. The molecule has 0 aromatic carbocycles. The Morgan fingerprint density at radius 2 is 2.26 bits per heavy atom. The van der Waals surface area contributed by atoms with Crippen LogP contribution in [0.25, 0.3) is 5.65 Å². The lowest BCUT2D eigenvalue weighted by Gasteiger charge is -2.24. The molecular weight excluding hydrogens is 292 g/mol. The van der Waals surface area contributed by atoms with Crippen molar-refractivity contribution in [3.63, 3.8) is 0 Å². The van der Waals surface area contributed by atoms with Crippen LogP contribution in [-0.4, -0.2) is 47.8 Å². The monoisotopic (exact) mass is 310 g/mol. The van der Waals surface area contributed by atoms with Gasteiger partial charge in [0, 0.05) is 25.1 Å². The molecule has 7 heteroatoms. The van der Waals surface area contributed by atoms with Gasteiger partial charge in [0.1, 0.15) is 5.82 Å². The first-order valence-corrected chi connectivity index (χ1v) is 7.82. The number of carbonyl (C=O) groups excluding carboxylic acids is 1. The number of hydrogen-bond acceptors (Lipinski definition) is 4. The van der Waals surface area contributed by atoms with E-state index in [-0.39, 0.29) is 11.9 Å². The Morgan fingerprint density at radius 3 is 3.09 bits per heavy atom. The van der Waals surface area contributed by atoms with Gasteiger partial charge in [0.15, 0.2) is 5.65 Å². The molecule has 1 atom stereocenters. The van der Waals surface area contributed by atoms with Crippen molar-refractivity contribution in [2.45, 2.75) is 32.4 Å². The first-order chi connectivity index (χ1) is 11.2. The standard InChI is InChI=1S/C16H18N6O/c1-12-18-19-15-6-5-13(10-22(12)15)16(23)21-9-2-4-14(21)11-20-8-3-7-17-20/h3,5-8,10,14H,2,4,9,11H2,1H3/t14-/m1/s1. The Hall–Kier alpha value is -2.70. The second kappa shape index (κ2) is 5.49. The molecule has 4 heterocycles. The van der Waals surface area contributed by atoms with Gasteiger partial charge in [-0.2, -0.15) is 5.10 Å². The van der Waals surface area contributed by atoms with Gasteiger partial charge in [-0.25, -0.2) is 0 Å². The maximum atomic E-state index is 12.9. The maximum Gasteiger partial charge on any atom is 0.255 e. The van der Waals surface area contributed by atoms with E-state index in [4.69, 9.17) is 0 Å². The third-order valence-corrected chi connectivity index (χ3v) is 4.41. The molecule has 1 fully saturated rings. The minimum absolute atomic E-state index is 0.0645. The molecule has 3 aromatic heterocycles. The van der Waals surface area contributed by atoms with Crippen molar-refractivity contribution < 1.29 is 4.79 Å². The summed E-state index contributed by atoms with van der Waals surface area (Å²) in [6, 6.07) is 5.77. The third-order valence-electron chi connectivity index (χ3n) is 4.41. The van der Waals surface area contributed by atoms with E-state index < -0.39 is 0 Å². The quantitative estimate of drug-likeness (QED) is 0.736. The number of fused-ring (bicyclic) bond motifs is 1. The van der Waals surface area contributed by atoms with Crippen molar-refractivity contribution in [3.8, 4) is 0 Å². The summed E-state index contributed by atoms with van der Waals surface area (Å²) in [5.74, 6) is 0.846. The maximum absolute atomic E-state index is 12.9. The molecule has 118 valence electrons. The minimum Gasteiger partial charge on any atom is -0.334 e. The van der Waals surface area contributed by atoms with Gasteiger partial charge < -0.3 is 4.90 Å². The number of nitrogens with zero attached hydrogens (tertiary/aromatic N) is 6. The molecule has 1 amide bonds. The van der Waals surface area contributed by atoms with E-state index in [9.17, 15) is 4.79 Å². The predicted molar refractivity (Wildman–Crippen MR) is 84.0 cm³/mol. The highest BCUT2D eigenvalue weighted by Gasteiger charge is 2.30. The van der Waals surface area contributed by atoms with Gasteiger partial charge in [-0.1, -0.05) is 0 Å². The van der Waals surface area contributed by atoms with Crippen LogP contribution >= 0.6 is 0 Å². The van der Waals surface area contributed by atoms with E-state index in [1.54, 1.807) is 6.20 Å². The molecule has 0 radical (unpaired) electrons. The lowest BCUT2D eigenvalue weighted by Crippen LogP contribution is -2.38. The zero-order valence-corrected chi connectivity index (χ0v) is 13.0. The van der Waals surface area contributed by atoms with Crippen LogP contribution in [0.2, 0.25) is 0 Å². The Morgan fingerprint density at radius 1 is 1.35 bits per heavy atom. The molecule has 0 bridgehead atoms. The number of rotatable bonds is 3. The highest BCUT2D eigenvalue weighted by molar-refractivity contribution is 5.94. The van der Waals surface area contributed by atoms with Crippen LogP contribution in [0.3, 0.4) is 0 Å². The fraction of sp³-hybridized carbons (Fsp3) is 0.375. The molecule has 1 saturated heterocycles. The first kappa shape index (κ1) is 13.9. The van der Waals surface area contributed by atoms with Gasteiger partial charge in [0.2, 0.25) is 0 Å². The number of amides is 1. The van der Waals surface area contributed by atoms with Crippen LogP contribution in [0.1, 0.15) is 29.0 Å². The van der Waals surface area contributed by atoms with E-state index in [2.05, 4.69) is 15.3 Å². The Bertz CT molecular complexity index is 838. The number of aryl methyl sites for hydroxylation is 1. The fourth-order valence-corrected chi connectivity index (χ4v) is 3.21. The average molecular weight is 310 g/mol. The van der Waals surface area contributed by atoms with Gasteiger partial charge in [-0.15, -0.1) is 10.2 Å². The lowest BCUT2D eigenvalue weighted by atomic mass is 10.2. The minimum atomic E-state index is 0.0645. The second-order valence-electron chi connectivity index (χ2n) is 5.92. The smallest absolute Gasteiger partial charge is 0.255 e. The van der Waals surface area contributed by atoms with Crippen LogP contribution in [0.5, 0.6) is 0 Å². The first-order valence-electron chi connectivity index (χ1n) is 7.82. The summed E-state index contributed by atoms with van der Waals surface area (Å²) in [7, 11) is 0. The number of aromatic nitrogens is 5. The highest BCUT2D eigenvalue weighted by Crippen LogP contribution is 2.21. The number of hydrogen-bond donors (Lipinski definition) is 0. The second-order valence-corrected chi connectivity index (χ2v) is 5.92. The Labute approximate surface area is 133 Å². The topological polar surface area (TPSA) is 68.3 Å². The SMILES string of the molecule is Cc1nnc2ccc(C(=O)N3CCC[C@@H]3Cn3cccn3)cn12. The summed E-state index contributed by atoms with van der Waals surface area (Å²) in [5, 5.41) is 12.3. The van der Waals surface area contributed by atoms with Crippen molar-refractivity contribution in [2.24, 2.45) is 0 Å². The zero-order valence-electron chi connectivity index (χ0n) is 13.0. The number of likely N-dealkylation sites (tertiary alicyclic amines) is 1. The molecule has 23 heavy (non-hydrogen) atoms. The summed E-state index contributed by atoms with van der Waals surface area (Å²) in [6.07, 6.45) is 7.58. The predicted octanol–water partition coefficient (Wildman–Crippen LogP) is 1.54. The van der Waals surface area contributed by atoms with Crippen molar-refractivity contribution in [1.82, 2.24) is 29.3 Å². The van der Waals surface area contributed by atoms with Crippen LogP contribution in [-0.2, 0) is 6.54 Å². The molecule has 0 saturated carbocycles. The molecule has 7 nitrogen and oxygen atoms in total. The van der Waals surface area contributed by atoms with E-state index in [0.717, 1.165) is 37.4 Å². The summed E-state index contributed by atoms with van der Waals surface area (Å²) in [6.45, 7) is 3.42. The van der Waals surface area contributed by atoms with Crippen molar-refractivity contribution in [1.29, 1.82) is 0 Å². The summed E-state index contributed by atoms with van der Waals surface area (Å²) in [4.78, 5) is 14.9. The van der Waals surface area contributed by atoms with Crippen LogP contribution in [0.4, 0.5) is 0 Å². The molecule has 4 rings (SSSR count). The molecular formula is C16H18N6O. The van der Waals surface area contributed by atoms with Gasteiger partial charge in [0.25, 0.3) is 5.91 Å². The summed E-state index contributed by atoms with van der Waals surface area (Å²) < 4.78 is 3.75. The summed E-state index contributed by atoms with van der Waals surface area (Å²) in [5.41, 5.74) is 1.43. The molecule has 1 aliphatic heterocycles. The molecule has 3 aromatic rings. The van der Waals surface area contributed by atoms with Gasteiger partial charge in [-0.3, -0.25) is 13.9 Å². The molecule has 0 spiro atoms. The highest BCUT2D eigenvalue weighted by atomic mass is 16.2. The van der Waals surface area contributed by atoms with Crippen LogP contribution in [0, 0.1) is 6.92 Å². The third kappa shape index (κ3) is 2.48. The molecule has 0 unspecified atom stereocenters. The molecule has 0 aliphatic carbocycles. The number of carbonyl (C=O) groups is 1. The van der Waals surface area contributed by atoms with Gasteiger partial charge in [0.05, 0.1) is 18.2 Å². The molecule has 1 aliphatic rings. The zero-order chi connectivity index (χ0) is 15.8. The Balaban J connectivity index is 1.59. The average Bonchev–Trinajstić information content (AvgIpc) is 3.29. The van der Waals surface area contributed by atoms with E-state index in [1.165, 1.54) is 0 Å². The molecule has 0 N–H and O–H groups in total. The van der Waals surface area contributed by atoms with Crippen LogP contribution < -0.4 is 0 Å². The largest absolute Gasteiger partial charge is 0.334 e. The van der Waals surface area contributed by atoms with Crippen molar-refractivity contribution >= 4 is 11.6 Å². The van der Waals surface area contributed by atoms with Crippen molar-refractivity contribution in [2.75, 3.05) is 6.54 Å². The van der Waals surface area contributed by atoms with Gasteiger partial charge in [-0.05, 0) is 38.0 Å². The van der Waals surface area contributed by atoms with Gasteiger partial charge >= 0.3 is 0 Å².